The summed E-state index contributed by atoms with van der Waals surface area (Å²) in [6.07, 6.45) is 2.08. The van der Waals surface area contributed by atoms with Gasteiger partial charge in [0.25, 0.3) is 10.0 Å². The summed E-state index contributed by atoms with van der Waals surface area (Å²) < 4.78 is 34.3. The first-order chi connectivity index (χ1) is 17.3. The molecule has 0 bridgehead atoms. The number of nitrogen functional groups attached to an aromatic ring is 1. The quantitative estimate of drug-likeness (QED) is 0.437. The standard InChI is InChI=1S/C28H42N4O4S/c1-7-21-8-10-23(11-9-21)32(19-20(2)3)37(34,35)24-12-13-26(25(29)18-24)30-22-14-16-31(17-15-22)27(33)36-28(4,5)6/h8-13,18,20,22,30H,7,14-17,19,29H2,1-6H3. The van der Waals surface area contributed by atoms with Crippen molar-refractivity contribution in [2.24, 2.45) is 5.92 Å². The summed E-state index contributed by atoms with van der Waals surface area (Å²) in [7, 11) is -3.81. The minimum Gasteiger partial charge on any atom is -0.444 e. The molecule has 0 spiro atoms. The van der Waals surface area contributed by atoms with Crippen LogP contribution in [0.2, 0.25) is 0 Å². The number of amides is 1. The number of anilines is 3. The van der Waals surface area contributed by atoms with Gasteiger partial charge in [-0.3, -0.25) is 4.31 Å². The van der Waals surface area contributed by atoms with Crippen LogP contribution in [0, 0.1) is 5.92 Å². The average Bonchev–Trinajstić information content (AvgIpc) is 2.83. The van der Waals surface area contributed by atoms with E-state index in [4.69, 9.17) is 10.5 Å². The summed E-state index contributed by atoms with van der Waals surface area (Å²) in [6.45, 7) is 13.2. The van der Waals surface area contributed by atoms with Gasteiger partial charge in [-0.25, -0.2) is 13.2 Å². The zero-order valence-electron chi connectivity index (χ0n) is 23.0. The lowest BCUT2D eigenvalue weighted by molar-refractivity contribution is 0.0210. The van der Waals surface area contributed by atoms with Crippen molar-refractivity contribution in [2.45, 2.75) is 77.3 Å². The Morgan fingerprint density at radius 3 is 2.27 bits per heavy atom. The third-order valence-electron chi connectivity index (χ3n) is 6.28. The molecule has 9 heteroatoms. The highest BCUT2D eigenvalue weighted by Gasteiger charge is 2.29. The molecule has 0 radical (unpaired) electrons. The Labute approximate surface area is 222 Å². The molecule has 1 aliphatic rings. The number of hydrogen-bond donors (Lipinski definition) is 2. The van der Waals surface area contributed by atoms with Crippen LogP contribution in [0.3, 0.4) is 0 Å². The summed E-state index contributed by atoms with van der Waals surface area (Å²) in [5, 5.41) is 3.43. The lowest BCUT2D eigenvalue weighted by Crippen LogP contribution is -2.44. The SMILES string of the molecule is CCc1ccc(N(CC(C)C)S(=O)(=O)c2ccc(NC3CCN(C(=O)OC(C)(C)C)CC3)c(N)c2)cc1. The van der Waals surface area contributed by atoms with Crippen LogP contribution in [0.5, 0.6) is 0 Å². The number of piperidine rings is 1. The average molecular weight is 531 g/mol. The van der Waals surface area contributed by atoms with Crippen LogP contribution in [0.15, 0.2) is 47.4 Å². The number of nitrogens with zero attached hydrogens (tertiary/aromatic N) is 2. The molecule has 0 unspecified atom stereocenters. The van der Waals surface area contributed by atoms with E-state index in [0.29, 0.717) is 36.7 Å². The third-order valence-corrected chi connectivity index (χ3v) is 8.07. The Bertz CT molecular complexity index is 1170. The highest BCUT2D eigenvalue weighted by molar-refractivity contribution is 7.92. The van der Waals surface area contributed by atoms with Gasteiger partial charge < -0.3 is 20.7 Å². The fourth-order valence-electron chi connectivity index (χ4n) is 4.28. The van der Waals surface area contributed by atoms with Gasteiger partial charge in [0.1, 0.15) is 5.60 Å². The molecule has 2 aromatic carbocycles. The van der Waals surface area contributed by atoms with Gasteiger partial charge in [-0.05, 0) is 81.8 Å². The number of carbonyl (C=O) groups is 1. The van der Waals surface area contributed by atoms with Crippen LogP contribution >= 0.6 is 0 Å². The molecule has 204 valence electrons. The van der Waals surface area contributed by atoms with Gasteiger partial charge in [0, 0.05) is 25.7 Å². The maximum Gasteiger partial charge on any atom is 0.410 e. The van der Waals surface area contributed by atoms with E-state index in [1.807, 2.05) is 58.9 Å². The van der Waals surface area contributed by atoms with E-state index in [0.717, 1.165) is 24.8 Å². The molecule has 1 heterocycles. The van der Waals surface area contributed by atoms with Crippen molar-refractivity contribution in [3.63, 3.8) is 0 Å². The zero-order valence-corrected chi connectivity index (χ0v) is 23.8. The molecule has 37 heavy (non-hydrogen) atoms. The summed E-state index contributed by atoms with van der Waals surface area (Å²) in [5.41, 5.74) is 8.67. The van der Waals surface area contributed by atoms with E-state index in [1.54, 1.807) is 17.0 Å². The molecule has 8 nitrogen and oxygen atoms in total. The van der Waals surface area contributed by atoms with Crippen LogP contribution in [-0.2, 0) is 21.2 Å². The molecule has 3 N–H and O–H groups in total. The third kappa shape index (κ3) is 7.53. The normalized spacial score (nSPS) is 15.1. The minimum absolute atomic E-state index is 0.123. The van der Waals surface area contributed by atoms with Gasteiger partial charge in [0.2, 0.25) is 0 Å². The number of ether oxygens (including phenoxy) is 1. The van der Waals surface area contributed by atoms with Crippen LogP contribution in [0.1, 0.15) is 59.9 Å². The largest absolute Gasteiger partial charge is 0.444 e. The van der Waals surface area contributed by atoms with Crippen molar-refractivity contribution in [2.75, 3.05) is 35.0 Å². The second kappa shape index (κ2) is 11.6. The van der Waals surface area contributed by atoms with E-state index in [9.17, 15) is 13.2 Å². The highest BCUT2D eigenvalue weighted by atomic mass is 32.2. The van der Waals surface area contributed by atoms with Gasteiger partial charge in [-0.15, -0.1) is 0 Å². The molecule has 1 aliphatic heterocycles. The van der Waals surface area contributed by atoms with Crippen molar-refractivity contribution in [3.05, 3.63) is 48.0 Å². The number of carbonyl (C=O) groups excluding carboxylic acids is 1. The first kappa shape index (κ1) is 28.6. The Morgan fingerprint density at radius 1 is 1.14 bits per heavy atom. The summed E-state index contributed by atoms with van der Waals surface area (Å²) in [5.74, 6) is 0.144. The number of hydrogen-bond acceptors (Lipinski definition) is 6. The number of likely N-dealkylation sites (tertiary alicyclic amines) is 1. The monoisotopic (exact) mass is 530 g/mol. The molecule has 0 atom stereocenters. The molecule has 1 amide bonds. The maximum atomic E-state index is 13.7. The predicted octanol–water partition coefficient (Wildman–Crippen LogP) is 5.49. The number of rotatable bonds is 8. The second-order valence-electron chi connectivity index (χ2n) is 11.1. The molecule has 1 saturated heterocycles. The summed E-state index contributed by atoms with van der Waals surface area (Å²) >= 11 is 0. The van der Waals surface area contributed by atoms with E-state index in [1.165, 1.54) is 10.4 Å². The molecule has 1 fully saturated rings. The van der Waals surface area contributed by atoms with E-state index < -0.39 is 15.6 Å². The van der Waals surface area contributed by atoms with Gasteiger partial charge >= 0.3 is 6.09 Å². The predicted molar refractivity (Wildman–Crippen MR) is 150 cm³/mol. The highest BCUT2D eigenvalue weighted by Crippen LogP contribution is 2.30. The first-order valence-corrected chi connectivity index (χ1v) is 14.5. The van der Waals surface area contributed by atoms with E-state index in [-0.39, 0.29) is 22.9 Å². The Kier molecular flexibility index (Phi) is 9.00. The Balaban J connectivity index is 1.72. The van der Waals surface area contributed by atoms with Gasteiger partial charge in [-0.1, -0.05) is 32.9 Å². The topological polar surface area (TPSA) is 105 Å². The Hall–Kier alpha value is -2.94. The van der Waals surface area contributed by atoms with Gasteiger partial charge in [-0.2, -0.15) is 0 Å². The van der Waals surface area contributed by atoms with Crippen LogP contribution < -0.4 is 15.4 Å². The van der Waals surface area contributed by atoms with Crippen molar-refractivity contribution in [1.82, 2.24) is 4.90 Å². The number of benzene rings is 2. The van der Waals surface area contributed by atoms with E-state index in [2.05, 4.69) is 12.2 Å². The van der Waals surface area contributed by atoms with Crippen molar-refractivity contribution < 1.29 is 17.9 Å². The molecule has 3 rings (SSSR count). The number of aryl methyl sites for hydroxylation is 1. The number of nitrogens with one attached hydrogen (secondary N) is 1. The summed E-state index contributed by atoms with van der Waals surface area (Å²) in [4.78, 5) is 14.2. The van der Waals surface area contributed by atoms with Crippen LogP contribution in [0.4, 0.5) is 21.9 Å². The molecule has 2 aromatic rings. The lowest BCUT2D eigenvalue weighted by atomic mass is 10.0. The van der Waals surface area contributed by atoms with Crippen LogP contribution in [0.25, 0.3) is 0 Å². The van der Waals surface area contributed by atoms with Crippen molar-refractivity contribution in [3.8, 4) is 0 Å². The van der Waals surface area contributed by atoms with Crippen molar-refractivity contribution in [1.29, 1.82) is 0 Å². The smallest absolute Gasteiger partial charge is 0.410 e. The number of nitrogens with two attached hydrogens (primary N) is 1. The Morgan fingerprint density at radius 2 is 1.76 bits per heavy atom. The fourth-order valence-corrected chi connectivity index (χ4v) is 5.95. The van der Waals surface area contributed by atoms with E-state index >= 15 is 0 Å². The number of sulfonamides is 1. The molecular weight excluding hydrogens is 488 g/mol. The molecule has 0 saturated carbocycles. The molecular formula is C28H42N4O4S. The van der Waals surface area contributed by atoms with Gasteiger partial charge in [0.05, 0.1) is 22.0 Å². The second-order valence-corrected chi connectivity index (χ2v) is 12.9. The first-order valence-electron chi connectivity index (χ1n) is 13.1. The minimum atomic E-state index is -3.81. The summed E-state index contributed by atoms with van der Waals surface area (Å²) in [6, 6.07) is 12.7. The molecule has 0 aliphatic carbocycles. The van der Waals surface area contributed by atoms with Crippen molar-refractivity contribution >= 4 is 33.2 Å². The lowest BCUT2D eigenvalue weighted by Gasteiger charge is -2.34. The zero-order chi connectivity index (χ0) is 27.4. The van der Waals surface area contributed by atoms with Gasteiger partial charge in [0.15, 0.2) is 0 Å². The molecule has 0 aromatic heterocycles. The fraction of sp³-hybridized carbons (Fsp3) is 0.536. The van der Waals surface area contributed by atoms with Crippen LogP contribution in [-0.4, -0.2) is 50.7 Å². The maximum absolute atomic E-state index is 13.7.